The van der Waals surface area contributed by atoms with E-state index in [9.17, 15) is 9.59 Å². The molecule has 0 aliphatic carbocycles. The third kappa shape index (κ3) is 2.91. The van der Waals surface area contributed by atoms with E-state index < -0.39 is 11.4 Å². The lowest BCUT2D eigenvalue weighted by Crippen LogP contribution is -2.26. The number of hydrogen-bond acceptors (Lipinski definition) is 2. The van der Waals surface area contributed by atoms with E-state index in [1.807, 2.05) is 0 Å². The van der Waals surface area contributed by atoms with E-state index in [0.29, 0.717) is 12.0 Å². The van der Waals surface area contributed by atoms with E-state index in [0.717, 1.165) is 11.8 Å². The Morgan fingerprint density at radius 2 is 1.87 bits per heavy atom. The second kappa shape index (κ2) is 4.26. The quantitative estimate of drug-likeness (QED) is 0.768. The molecule has 0 aliphatic heterocycles. The van der Waals surface area contributed by atoms with Crippen molar-refractivity contribution in [3.05, 3.63) is 35.4 Å². The van der Waals surface area contributed by atoms with Crippen LogP contribution in [0.5, 0.6) is 0 Å². The number of rotatable bonds is 4. The van der Waals surface area contributed by atoms with Crippen molar-refractivity contribution in [3.63, 3.8) is 0 Å². The third-order valence-corrected chi connectivity index (χ3v) is 2.34. The predicted molar refractivity (Wildman–Crippen MR) is 57.0 cm³/mol. The lowest BCUT2D eigenvalue weighted by atomic mass is 9.86. The van der Waals surface area contributed by atoms with E-state index >= 15 is 0 Å². The summed E-state index contributed by atoms with van der Waals surface area (Å²) in [5, 5.41) is 8.95. The van der Waals surface area contributed by atoms with Crippen molar-refractivity contribution in [3.8, 4) is 0 Å². The lowest BCUT2D eigenvalue weighted by Gasteiger charge is -2.18. The first kappa shape index (κ1) is 11.4. The summed E-state index contributed by atoms with van der Waals surface area (Å²) in [6.45, 7) is 3.37. The molecule has 1 rings (SSSR count). The Labute approximate surface area is 88.7 Å². The normalized spacial score (nSPS) is 11.1. The van der Waals surface area contributed by atoms with E-state index in [1.165, 1.54) is 0 Å². The first-order valence-electron chi connectivity index (χ1n) is 4.73. The number of carboxylic acids is 1. The second-order valence-electron chi connectivity index (χ2n) is 4.23. The molecule has 3 heteroatoms. The topological polar surface area (TPSA) is 54.4 Å². The van der Waals surface area contributed by atoms with Gasteiger partial charge in [-0.25, -0.2) is 0 Å². The average Bonchev–Trinajstić information content (AvgIpc) is 2.18. The van der Waals surface area contributed by atoms with E-state index in [2.05, 4.69) is 0 Å². The van der Waals surface area contributed by atoms with Crippen LogP contribution in [-0.4, -0.2) is 17.4 Å². The van der Waals surface area contributed by atoms with Crippen LogP contribution in [0, 0.1) is 5.41 Å². The van der Waals surface area contributed by atoms with Crippen LogP contribution in [0.1, 0.15) is 29.8 Å². The largest absolute Gasteiger partial charge is 0.481 e. The Bertz CT molecular complexity index is 363. The Hall–Kier alpha value is -1.64. The maximum absolute atomic E-state index is 10.9. The number of benzene rings is 1. The average molecular weight is 206 g/mol. The van der Waals surface area contributed by atoms with Crippen LogP contribution in [0.2, 0.25) is 0 Å². The summed E-state index contributed by atoms with van der Waals surface area (Å²) in [4.78, 5) is 21.3. The number of carbonyl (C=O) groups is 2. The molecule has 0 unspecified atom stereocenters. The molecule has 0 aliphatic rings. The maximum atomic E-state index is 10.9. The summed E-state index contributed by atoms with van der Waals surface area (Å²) < 4.78 is 0. The highest BCUT2D eigenvalue weighted by Crippen LogP contribution is 2.22. The molecule has 0 amide bonds. The molecular formula is C12H14O3. The standard InChI is InChI=1S/C12H14O3/c1-12(2,11(14)15)7-9-3-5-10(8-13)6-4-9/h3-6,8H,7H2,1-2H3,(H,14,15). The molecule has 0 fully saturated rings. The SMILES string of the molecule is CC(C)(Cc1ccc(C=O)cc1)C(=O)O. The minimum absolute atomic E-state index is 0.460. The van der Waals surface area contributed by atoms with Crippen molar-refractivity contribution < 1.29 is 14.7 Å². The van der Waals surface area contributed by atoms with Gasteiger partial charge in [-0.1, -0.05) is 24.3 Å². The zero-order chi connectivity index (χ0) is 11.5. The van der Waals surface area contributed by atoms with Gasteiger partial charge in [-0.3, -0.25) is 9.59 Å². The lowest BCUT2D eigenvalue weighted by molar-refractivity contribution is -0.146. The summed E-state index contributed by atoms with van der Waals surface area (Å²) in [6.07, 6.45) is 1.23. The minimum atomic E-state index is -0.818. The van der Waals surface area contributed by atoms with Gasteiger partial charge in [0, 0.05) is 5.56 Å². The molecule has 0 bridgehead atoms. The van der Waals surface area contributed by atoms with Crippen molar-refractivity contribution in [1.29, 1.82) is 0 Å². The first-order chi connectivity index (χ1) is 6.95. The fraction of sp³-hybridized carbons (Fsp3) is 0.333. The van der Waals surface area contributed by atoms with E-state index in [-0.39, 0.29) is 0 Å². The Balaban J connectivity index is 2.81. The van der Waals surface area contributed by atoms with Crippen LogP contribution >= 0.6 is 0 Å². The molecule has 0 aromatic heterocycles. The zero-order valence-electron chi connectivity index (χ0n) is 8.86. The van der Waals surface area contributed by atoms with Crippen molar-refractivity contribution in [2.75, 3.05) is 0 Å². The van der Waals surface area contributed by atoms with Crippen LogP contribution in [0.4, 0.5) is 0 Å². The number of hydrogen-bond donors (Lipinski definition) is 1. The maximum Gasteiger partial charge on any atom is 0.309 e. The van der Waals surface area contributed by atoms with Crippen LogP contribution in [0.3, 0.4) is 0 Å². The van der Waals surface area contributed by atoms with Crippen LogP contribution in [-0.2, 0) is 11.2 Å². The predicted octanol–water partition coefficient (Wildman–Crippen LogP) is 2.15. The van der Waals surface area contributed by atoms with Gasteiger partial charge in [0.15, 0.2) is 0 Å². The zero-order valence-corrected chi connectivity index (χ0v) is 8.86. The molecule has 1 aromatic rings. The van der Waals surface area contributed by atoms with Gasteiger partial charge in [0.2, 0.25) is 0 Å². The summed E-state index contributed by atoms with van der Waals surface area (Å²) in [7, 11) is 0. The molecule has 1 N–H and O–H groups in total. The highest BCUT2D eigenvalue weighted by molar-refractivity contribution is 5.75. The summed E-state index contributed by atoms with van der Waals surface area (Å²) in [5.74, 6) is -0.818. The van der Waals surface area contributed by atoms with Gasteiger partial charge >= 0.3 is 5.97 Å². The van der Waals surface area contributed by atoms with Crippen LogP contribution in [0.25, 0.3) is 0 Å². The van der Waals surface area contributed by atoms with Gasteiger partial charge in [0.25, 0.3) is 0 Å². The highest BCUT2D eigenvalue weighted by atomic mass is 16.4. The molecule has 0 saturated carbocycles. The molecule has 1 aromatic carbocycles. The number of aldehydes is 1. The van der Waals surface area contributed by atoms with Gasteiger partial charge in [-0.2, -0.15) is 0 Å². The fourth-order valence-corrected chi connectivity index (χ4v) is 1.30. The van der Waals surface area contributed by atoms with Crippen LogP contribution < -0.4 is 0 Å². The molecular weight excluding hydrogens is 192 g/mol. The van der Waals surface area contributed by atoms with Gasteiger partial charge in [0.1, 0.15) is 6.29 Å². The van der Waals surface area contributed by atoms with Gasteiger partial charge in [-0.05, 0) is 25.8 Å². The molecule has 3 nitrogen and oxygen atoms in total. The van der Waals surface area contributed by atoms with Crippen molar-refractivity contribution >= 4 is 12.3 Å². The van der Waals surface area contributed by atoms with Crippen molar-refractivity contribution in [2.45, 2.75) is 20.3 Å². The Kier molecular flexibility index (Phi) is 3.24. The summed E-state index contributed by atoms with van der Waals surface area (Å²) >= 11 is 0. The van der Waals surface area contributed by atoms with Crippen molar-refractivity contribution in [1.82, 2.24) is 0 Å². The van der Waals surface area contributed by atoms with E-state index in [1.54, 1.807) is 38.1 Å². The molecule has 0 radical (unpaired) electrons. The monoisotopic (exact) mass is 206 g/mol. The molecule has 15 heavy (non-hydrogen) atoms. The smallest absolute Gasteiger partial charge is 0.309 e. The van der Waals surface area contributed by atoms with Gasteiger partial charge in [0.05, 0.1) is 5.41 Å². The minimum Gasteiger partial charge on any atom is -0.481 e. The van der Waals surface area contributed by atoms with E-state index in [4.69, 9.17) is 5.11 Å². The number of carboxylic acid groups (broad SMARTS) is 1. The Morgan fingerprint density at radius 1 is 1.33 bits per heavy atom. The molecule has 0 spiro atoms. The molecule has 0 atom stereocenters. The van der Waals surface area contributed by atoms with Crippen LogP contribution in [0.15, 0.2) is 24.3 Å². The molecule has 0 saturated heterocycles. The third-order valence-electron chi connectivity index (χ3n) is 2.34. The first-order valence-corrected chi connectivity index (χ1v) is 4.73. The van der Waals surface area contributed by atoms with Crippen molar-refractivity contribution in [2.24, 2.45) is 5.41 Å². The van der Waals surface area contributed by atoms with Gasteiger partial charge in [-0.15, -0.1) is 0 Å². The molecule has 0 heterocycles. The summed E-state index contributed by atoms with van der Waals surface area (Å²) in [5.41, 5.74) is 0.753. The molecule has 80 valence electrons. The Morgan fingerprint density at radius 3 is 2.27 bits per heavy atom. The van der Waals surface area contributed by atoms with Gasteiger partial charge < -0.3 is 5.11 Å². The number of carbonyl (C=O) groups excluding carboxylic acids is 1. The number of aliphatic carboxylic acids is 1. The fourth-order valence-electron chi connectivity index (χ4n) is 1.30. The highest BCUT2D eigenvalue weighted by Gasteiger charge is 2.27. The second-order valence-corrected chi connectivity index (χ2v) is 4.23. The summed E-state index contributed by atoms with van der Waals surface area (Å²) in [6, 6.07) is 6.96.